The van der Waals surface area contributed by atoms with Crippen molar-refractivity contribution in [2.24, 2.45) is 0 Å². The van der Waals surface area contributed by atoms with Crippen LogP contribution in [0.15, 0.2) is 66.9 Å². The number of carbonyl (C=O) groups excluding carboxylic acids is 2. The van der Waals surface area contributed by atoms with E-state index in [2.05, 4.69) is 10.3 Å². The molecule has 0 bridgehead atoms. The molecule has 27 heavy (non-hydrogen) atoms. The second kappa shape index (κ2) is 8.45. The van der Waals surface area contributed by atoms with Crippen molar-refractivity contribution in [2.45, 2.75) is 19.9 Å². The van der Waals surface area contributed by atoms with Crippen LogP contribution in [-0.4, -0.2) is 34.8 Å². The van der Waals surface area contributed by atoms with Gasteiger partial charge in [-0.1, -0.05) is 36.4 Å². The highest BCUT2D eigenvalue weighted by atomic mass is 16.2. The van der Waals surface area contributed by atoms with Crippen molar-refractivity contribution in [1.29, 1.82) is 0 Å². The molecule has 2 aromatic carbocycles. The van der Waals surface area contributed by atoms with E-state index in [9.17, 15) is 9.59 Å². The predicted molar refractivity (Wildman–Crippen MR) is 106 cm³/mol. The van der Waals surface area contributed by atoms with Gasteiger partial charge >= 0.3 is 0 Å². The molecule has 1 atom stereocenters. The lowest BCUT2D eigenvalue weighted by Crippen LogP contribution is -2.42. The van der Waals surface area contributed by atoms with Gasteiger partial charge in [-0.05, 0) is 43.7 Å². The fourth-order valence-electron chi connectivity index (χ4n) is 3.08. The van der Waals surface area contributed by atoms with Crippen LogP contribution in [0.5, 0.6) is 0 Å². The van der Waals surface area contributed by atoms with Gasteiger partial charge in [-0.3, -0.25) is 14.6 Å². The highest BCUT2D eigenvalue weighted by Crippen LogP contribution is 2.18. The Labute approximate surface area is 159 Å². The van der Waals surface area contributed by atoms with E-state index in [0.717, 1.165) is 16.5 Å². The van der Waals surface area contributed by atoms with Gasteiger partial charge < -0.3 is 10.2 Å². The number of pyridine rings is 1. The molecule has 5 heteroatoms. The Morgan fingerprint density at radius 1 is 1.00 bits per heavy atom. The van der Waals surface area contributed by atoms with E-state index in [0.29, 0.717) is 18.7 Å². The van der Waals surface area contributed by atoms with E-state index < -0.39 is 6.04 Å². The third-order valence-electron chi connectivity index (χ3n) is 4.60. The molecule has 0 saturated carbocycles. The minimum atomic E-state index is -0.719. The number of benzene rings is 2. The molecule has 138 valence electrons. The largest absolute Gasteiger partial charge is 0.341 e. The highest BCUT2D eigenvalue weighted by Gasteiger charge is 2.26. The maximum atomic E-state index is 13.0. The summed E-state index contributed by atoms with van der Waals surface area (Å²) in [6.45, 7) is 5.05. The number of likely N-dealkylation sites (N-methyl/N-ethyl adjacent to an activating group) is 1. The number of hydrogen-bond acceptors (Lipinski definition) is 3. The van der Waals surface area contributed by atoms with Gasteiger partial charge in [0.1, 0.15) is 6.04 Å². The summed E-state index contributed by atoms with van der Waals surface area (Å²) in [5.41, 5.74) is 2.10. The van der Waals surface area contributed by atoms with Gasteiger partial charge in [0, 0.05) is 30.2 Å². The van der Waals surface area contributed by atoms with Crippen LogP contribution < -0.4 is 5.32 Å². The van der Waals surface area contributed by atoms with Crippen LogP contribution in [0.1, 0.15) is 35.8 Å². The zero-order chi connectivity index (χ0) is 19.2. The number of nitrogens with one attached hydrogen (secondary N) is 1. The molecule has 0 aliphatic rings. The highest BCUT2D eigenvalue weighted by molar-refractivity contribution is 6.00. The number of carbonyl (C=O) groups is 2. The molecule has 0 aliphatic heterocycles. The first-order chi connectivity index (χ1) is 13.1. The summed E-state index contributed by atoms with van der Waals surface area (Å²) >= 11 is 0. The summed E-state index contributed by atoms with van der Waals surface area (Å²) in [6.07, 6.45) is 1.72. The van der Waals surface area contributed by atoms with E-state index in [-0.39, 0.29) is 11.8 Å². The fourth-order valence-corrected chi connectivity index (χ4v) is 3.08. The van der Waals surface area contributed by atoms with Crippen LogP contribution in [0.2, 0.25) is 0 Å². The Morgan fingerprint density at radius 3 is 2.44 bits per heavy atom. The monoisotopic (exact) mass is 361 g/mol. The van der Waals surface area contributed by atoms with Crippen molar-refractivity contribution >= 4 is 22.7 Å². The molecule has 1 N–H and O–H groups in total. The molecule has 0 radical (unpaired) electrons. The van der Waals surface area contributed by atoms with Crippen LogP contribution in [-0.2, 0) is 4.79 Å². The van der Waals surface area contributed by atoms with Crippen LogP contribution in [0.3, 0.4) is 0 Å². The Morgan fingerprint density at radius 2 is 1.74 bits per heavy atom. The lowest BCUT2D eigenvalue weighted by atomic mass is 10.0. The molecule has 0 aliphatic carbocycles. The molecule has 0 fully saturated rings. The average Bonchev–Trinajstić information content (AvgIpc) is 2.72. The summed E-state index contributed by atoms with van der Waals surface area (Å²) in [5, 5.41) is 3.80. The minimum absolute atomic E-state index is 0.109. The molecule has 0 saturated heterocycles. The molecule has 1 unspecified atom stereocenters. The molecular formula is C22H23N3O2. The maximum Gasteiger partial charge on any atom is 0.252 e. The summed E-state index contributed by atoms with van der Waals surface area (Å²) in [7, 11) is 0. The van der Waals surface area contributed by atoms with Crippen molar-refractivity contribution in [2.75, 3.05) is 13.1 Å². The van der Waals surface area contributed by atoms with E-state index in [1.54, 1.807) is 23.2 Å². The van der Waals surface area contributed by atoms with Gasteiger partial charge in [-0.25, -0.2) is 0 Å². The molecule has 1 heterocycles. The minimum Gasteiger partial charge on any atom is -0.341 e. The van der Waals surface area contributed by atoms with Crippen LogP contribution in [0, 0.1) is 0 Å². The molecule has 5 nitrogen and oxygen atoms in total. The van der Waals surface area contributed by atoms with Crippen LogP contribution >= 0.6 is 0 Å². The van der Waals surface area contributed by atoms with Gasteiger partial charge in [-0.15, -0.1) is 0 Å². The zero-order valence-corrected chi connectivity index (χ0v) is 15.6. The smallest absolute Gasteiger partial charge is 0.252 e. The Hall–Kier alpha value is -3.21. The Bertz CT molecular complexity index is 936. The molecule has 1 aromatic heterocycles. The third kappa shape index (κ3) is 4.14. The number of aromatic nitrogens is 1. The van der Waals surface area contributed by atoms with E-state index in [1.807, 2.05) is 62.4 Å². The lowest BCUT2D eigenvalue weighted by molar-refractivity contribution is -0.133. The summed E-state index contributed by atoms with van der Waals surface area (Å²) in [6, 6.07) is 17.7. The molecule has 3 aromatic rings. The SMILES string of the molecule is CCN(CC)C(=O)C(NC(=O)c1ccc2ncccc2c1)c1ccccc1. The second-order valence-electron chi connectivity index (χ2n) is 6.24. The molecule has 2 amide bonds. The summed E-state index contributed by atoms with van der Waals surface area (Å²) in [5.74, 6) is -0.392. The van der Waals surface area contributed by atoms with E-state index in [1.165, 1.54) is 0 Å². The van der Waals surface area contributed by atoms with Crippen molar-refractivity contribution in [3.63, 3.8) is 0 Å². The molecular weight excluding hydrogens is 338 g/mol. The Balaban J connectivity index is 1.90. The van der Waals surface area contributed by atoms with Crippen molar-refractivity contribution in [3.8, 4) is 0 Å². The number of nitrogens with zero attached hydrogens (tertiary/aromatic N) is 2. The van der Waals surface area contributed by atoms with Crippen molar-refractivity contribution in [1.82, 2.24) is 15.2 Å². The zero-order valence-electron chi connectivity index (χ0n) is 15.6. The van der Waals surface area contributed by atoms with Crippen LogP contribution in [0.4, 0.5) is 0 Å². The first kappa shape index (κ1) is 18.6. The van der Waals surface area contributed by atoms with Gasteiger partial charge in [-0.2, -0.15) is 0 Å². The number of rotatable bonds is 6. The van der Waals surface area contributed by atoms with E-state index >= 15 is 0 Å². The van der Waals surface area contributed by atoms with Gasteiger partial charge in [0.2, 0.25) is 5.91 Å². The first-order valence-corrected chi connectivity index (χ1v) is 9.13. The number of fused-ring (bicyclic) bond motifs is 1. The van der Waals surface area contributed by atoms with Gasteiger partial charge in [0.05, 0.1) is 5.52 Å². The number of hydrogen-bond donors (Lipinski definition) is 1. The van der Waals surface area contributed by atoms with E-state index in [4.69, 9.17) is 0 Å². The Kier molecular flexibility index (Phi) is 5.81. The summed E-state index contributed by atoms with van der Waals surface area (Å²) in [4.78, 5) is 31.9. The van der Waals surface area contributed by atoms with Gasteiger partial charge in [0.15, 0.2) is 0 Å². The maximum absolute atomic E-state index is 13.0. The standard InChI is InChI=1S/C22H23N3O2/c1-3-25(4-2)22(27)20(16-9-6-5-7-10-16)24-21(26)18-12-13-19-17(15-18)11-8-14-23-19/h5-15,20H,3-4H2,1-2H3,(H,24,26). The first-order valence-electron chi connectivity index (χ1n) is 9.13. The quantitative estimate of drug-likeness (QED) is 0.730. The normalized spacial score (nSPS) is 11.8. The topological polar surface area (TPSA) is 62.3 Å². The van der Waals surface area contributed by atoms with Gasteiger partial charge in [0.25, 0.3) is 5.91 Å². The second-order valence-corrected chi connectivity index (χ2v) is 6.24. The van der Waals surface area contributed by atoms with Crippen LogP contribution in [0.25, 0.3) is 10.9 Å². The third-order valence-corrected chi connectivity index (χ3v) is 4.60. The van der Waals surface area contributed by atoms with Crippen molar-refractivity contribution in [3.05, 3.63) is 78.0 Å². The average molecular weight is 361 g/mol. The number of amides is 2. The molecule has 0 spiro atoms. The summed E-state index contributed by atoms with van der Waals surface area (Å²) < 4.78 is 0. The van der Waals surface area contributed by atoms with Crippen molar-refractivity contribution < 1.29 is 9.59 Å². The fraction of sp³-hybridized carbons (Fsp3) is 0.227. The molecule has 3 rings (SSSR count). The predicted octanol–water partition coefficient (Wildman–Crippen LogP) is 3.57. The lowest BCUT2D eigenvalue weighted by Gasteiger charge is -2.26.